The van der Waals surface area contributed by atoms with E-state index in [4.69, 9.17) is 4.74 Å². The number of allylic oxidation sites excluding steroid dienone is 1. The third kappa shape index (κ3) is 2.43. The molecular weight excluding hydrogens is 252 g/mol. The fraction of sp³-hybridized carbons (Fsp3) is 0.765. The van der Waals surface area contributed by atoms with Gasteiger partial charge in [0.15, 0.2) is 5.78 Å². The summed E-state index contributed by atoms with van der Waals surface area (Å²) in [6.45, 7) is 10.4. The summed E-state index contributed by atoms with van der Waals surface area (Å²) >= 11 is 0. The van der Waals surface area contributed by atoms with Gasteiger partial charge >= 0.3 is 5.97 Å². The number of rotatable bonds is 2. The van der Waals surface area contributed by atoms with Crippen molar-refractivity contribution < 1.29 is 14.3 Å². The highest BCUT2D eigenvalue weighted by Gasteiger charge is 2.55. The molecule has 0 aromatic carbocycles. The van der Waals surface area contributed by atoms with E-state index in [9.17, 15) is 9.59 Å². The Morgan fingerprint density at radius 2 is 2.00 bits per heavy atom. The molecular formula is C17H26O3. The van der Waals surface area contributed by atoms with Crippen LogP contribution in [-0.2, 0) is 14.3 Å². The van der Waals surface area contributed by atoms with E-state index in [1.165, 1.54) is 6.92 Å². The number of ether oxygens (including phenoxy) is 1. The van der Waals surface area contributed by atoms with Crippen LogP contribution in [0.15, 0.2) is 11.6 Å². The van der Waals surface area contributed by atoms with Crippen LogP contribution in [0.2, 0.25) is 0 Å². The summed E-state index contributed by atoms with van der Waals surface area (Å²) in [6, 6.07) is 0. The third-order valence-electron chi connectivity index (χ3n) is 5.43. The first-order valence-electron chi connectivity index (χ1n) is 7.54. The molecule has 1 fully saturated rings. The quantitative estimate of drug-likeness (QED) is 0.726. The minimum absolute atomic E-state index is 0.0236. The largest absolute Gasteiger partial charge is 0.465 e. The molecule has 2 aliphatic rings. The number of ketones is 1. The molecule has 1 saturated carbocycles. The lowest BCUT2D eigenvalue weighted by molar-refractivity contribution is -0.148. The first kappa shape index (κ1) is 15.3. The average Bonchev–Trinajstić information content (AvgIpc) is 2.25. The van der Waals surface area contributed by atoms with Crippen LogP contribution in [0.25, 0.3) is 0 Å². The molecule has 0 N–H and O–H groups in total. The van der Waals surface area contributed by atoms with Crippen molar-refractivity contribution in [1.29, 1.82) is 0 Å². The van der Waals surface area contributed by atoms with Crippen molar-refractivity contribution in [2.75, 3.05) is 6.61 Å². The summed E-state index contributed by atoms with van der Waals surface area (Å²) in [5, 5.41) is 0. The number of hydrogen-bond acceptors (Lipinski definition) is 3. The molecule has 0 aliphatic heterocycles. The van der Waals surface area contributed by atoms with Gasteiger partial charge in [0.05, 0.1) is 6.61 Å². The third-order valence-corrected chi connectivity index (χ3v) is 5.43. The minimum Gasteiger partial charge on any atom is -0.465 e. The predicted molar refractivity (Wildman–Crippen MR) is 78.1 cm³/mol. The Morgan fingerprint density at radius 3 is 2.60 bits per heavy atom. The number of carbonyl (C=O) groups excluding carboxylic acids is 2. The minimum atomic E-state index is -0.245. The van der Waals surface area contributed by atoms with Crippen LogP contribution in [0, 0.1) is 22.7 Å². The van der Waals surface area contributed by atoms with Crippen molar-refractivity contribution in [2.45, 2.75) is 53.9 Å². The van der Waals surface area contributed by atoms with Gasteiger partial charge in [0.2, 0.25) is 0 Å². The fourth-order valence-electron chi connectivity index (χ4n) is 4.64. The monoisotopic (exact) mass is 278 g/mol. The second kappa shape index (κ2) is 5.01. The molecule has 2 rings (SSSR count). The summed E-state index contributed by atoms with van der Waals surface area (Å²) in [4.78, 5) is 23.7. The lowest BCUT2D eigenvalue weighted by Gasteiger charge is -2.55. The molecule has 112 valence electrons. The van der Waals surface area contributed by atoms with Gasteiger partial charge in [-0.25, -0.2) is 0 Å². The van der Waals surface area contributed by atoms with Crippen LogP contribution in [0.1, 0.15) is 53.9 Å². The lowest BCUT2D eigenvalue weighted by atomic mass is 9.48. The normalized spacial score (nSPS) is 36.0. The summed E-state index contributed by atoms with van der Waals surface area (Å²) in [6.07, 6.45) is 5.04. The first-order valence-corrected chi connectivity index (χ1v) is 7.54. The molecule has 2 aliphatic carbocycles. The number of esters is 1. The first-order chi connectivity index (χ1) is 9.18. The van der Waals surface area contributed by atoms with Gasteiger partial charge in [-0.1, -0.05) is 32.8 Å². The Labute approximate surface area is 121 Å². The van der Waals surface area contributed by atoms with Gasteiger partial charge in [0.1, 0.15) is 0 Å². The van der Waals surface area contributed by atoms with Crippen molar-refractivity contribution in [3.63, 3.8) is 0 Å². The number of fused-ring (bicyclic) bond motifs is 1. The van der Waals surface area contributed by atoms with Crippen molar-refractivity contribution >= 4 is 11.8 Å². The molecule has 0 spiro atoms. The molecule has 0 amide bonds. The Bertz CT molecular complexity index is 461. The Balaban J connectivity index is 2.39. The van der Waals surface area contributed by atoms with Crippen LogP contribution in [0.5, 0.6) is 0 Å². The van der Waals surface area contributed by atoms with Crippen LogP contribution in [0.3, 0.4) is 0 Å². The molecule has 0 heterocycles. The van der Waals surface area contributed by atoms with E-state index in [0.29, 0.717) is 6.61 Å². The van der Waals surface area contributed by atoms with Crippen LogP contribution in [0.4, 0.5) is 0 Å². The standard InChI is InChI=1S/C17H26O3/c1-11-9-14(19)15-16(3,4)7-6-8-17(15,5)13(11)10-20-12(2)18/h9,13,15H,6-8,10H2,1-5H3/t13-,15-,17+/m0/s1. The molecule has 0 aromatic rings. The van der Waals surface area contributed by atoms with E-state index < -0.39 is 0 Å². The highest BCUT2D eigenvalue weighted by molar-refractivity contribution is 5.95. The number of carbonyl (C=O) groups is 2. The van der Waals surface area contributed by atoms with E-state index in [-0.39, 0.29) is 34.4 Å². The van der Waals surface area contributed by atoms with E-state index in [0.717, 1.165) is 24.8 Å². The molecule has 0 bridgehead atoms. The van der Waals surface area contributed by atoms with Crippen molar-refractivity contribution in [1.82, 2.24) is 0 Å². The predicted octanol–water partition coefficient (Wildman–Crippen LogP) is 3.53. The van der Waals surface area contributed by atoms with Gasteiger partial charge in [0.25, 0.3) is 0 Å². The van der Waals surface area contributed by atoms with Crippen molar-refractivity contribution in [3.05, 3.63) is 11.6 Å². The maximum Gasteiger partial charge on any atom is 0.302 e. The Kier molecular flexibility index (Phi) is 3.83. The summed E-state index contributed by atoms with van der Waals surface area (Å²) in [7, 11) is 0. The van der Waals surface area contributed by atoms with E-state index in [1.807, 2.05) is 6.92 Å². The van der Waals surface area contributed by atoms with Gasteiger partial charge < -0.3 is 4.74 Å². The smallest absolute Gasteiger partial charge is 0.302 e. The van der Waals surface area contributed by atoms with Crippen LogP contribution >= 0.6 is 0 Å². The molecule has 3 atom stereocenters. The zero-order valence-electron chi connectivity index (χ0n) is 13.3. The topological polar surface area (TPSA) is 43.4 Å². The van der Waals surface area contributed by atoms with Gasteiger partial charge in [0, 0.05) is 18.8 Å². The van der Waals surface area contributed by atoms with E-state index in [2.05, 4.69) is 20.8 Å². The SMILES string of the molecule is CC(=O)OC[C@H]1C(C)=CC(=O)[C@H]2C(C)(C)CCC[C@]12C. The van der Waals surface area contributed by atoms with Gasteiger partial charge in [-0.05, 0) is 36.7 Å². The summed E-state index contributed by atoms with van der Waals surface area (Å²) in [5.74, 6) is 0.209. The highest BCUT2D eigenvalue weighted by atomic mass is 16.5. The zero-order valence-corrected chi connectivity index (χ0v) is 13.3. The van der Waals surface area contributed by atoms with E-state index in [1.54, 1.807) is 6.08 Å². The summed E-state index contributed by atoms with van der Waals surface area (Å²) in [5.41, 5.74) is 0.996. The Hall–Kier alpha value is -1.12. The molecule has 0 aromatic heterocycles. The molecule has 3 nitrogen and oxygen atoms in total. The molecule has 0 saturated heterocycles. The fourth-order valence-corrected chi connectivity index (χ4v) is 4.64. The van der Waals surface area contributed by atoms with Crippen LogP contribution in [-0.4, -0.2) is 18.4 Å². The zero-order chi connectivity index (χ0) is 15.1. The maximum atomic E-state index is 12.6. The lowest BCUT2D eigenvalue weighted by Crippen LogP contribution is -2.53. The van der Waals surface area contributed by atoms with Gasteiger partial charge in [-0.2, -0.15) is 0 Å². The second-order valence-corrected chi connectivity index (χ2v) is 7.43. The highest BCUT2D eigenvalue weighted by Crippen LogP contribution is 2.58. The van der Waals surface area contributed by atoms with Crippen LogP contribution < -0.4 is 0 Å². The molecule has 0 unspecified atom stereocenters. The van der Waals surface area contributed by atoms with Crippen molar-refractivity contribution in [2.24, 2.45) is 22.7 Å². The number of hydrogen-bond donors (Lipinski definition) is 0. The Morgan fingerprint density at radius 1 is 1.35 bits per heavy atom. The van der Waals surface area contributed by atoms with Gasteiger partial charge in [-0.15, -0.1) is 0 Å². The molecule has 3 heteroatoms. The maximum absolute atomic E-state index is 12.6. The second-order valence-electron chi connectivity index (χ2n) is 7.43. The van der Waals surface area contributed by atoms with Gasteiger partial charge in [-0.3, -0.25) is 9.59 Å². The molecule has 0 radical (unpaired) electrons. The molecule has 20 heavy (non-hydrogen) atoms. The van der Waals surface area contributed by atoms with Crippen molar-refractivity contribution in [3.8, 4) is 0 Å². The summed E-state index contributed by atoms with van der Waals surface area (Å²) < 4.78 is 5.28. The average molecular weight is 278 g/mol. The van der Waals surface area contributed by atoms with E-state index >= 15 is 0 Å².